The molecule has 0 saturated heterocycles. The number of aryl methyl sites for hydroxylation is 1. The molecule has 0 fully saturated rings. The highest BCUT2D eigenvalue weighted by Gasteiger charge is 2.33. The predicted molar refractivity (Wildman–Crippen MR) is 78.1 cm³/mol. The maximum Gasteiger partial charge on any atom is 0.433 e. The number of hydrogen-bond donors (Lipinski definition) is 0. The number of benzene rings is 1. The van der Waals surface area contributed by atoms with Crippen LogP contribution in [-0.4, -0.2) is 20.2 Å². The number of aromatic nitrogens is 4. The molecule has 0 atom stereocenters. The second-order valence-electron chi connectivity index (χ2n) is 5.20. The van der Waals surface area contributed by atoms with Gasteiger partial charge in [-0.05, 0) is 31.2 Å². The van der Waals surface area contributed by atoms with Gasteiger partial charge in [-0.15, -0.1) is 10.2 Å². The summed E-state index contributed by atoms with van der Waals surface area (Å²) in [5.74, 6) is -1.69. The second kappa shape index (κ2) is 6.15. The number of hydrogen-bond acceptors (Lipinski definition) is 4. The zero-order chi connectivity index (χ0) is 18.2. The maximum absolute atomic E-state index is 13.5. The van der Waals surface area contributed by atoms with E-state index in [1.54, 1.807) is 0 Å². The fourth-order valence-electron chi connectivity index (χ4n) is 2.32. The topological polar surface area (TPSA) is 51.6 Å². The summed E-state index contributed by atoms with van der Waals surface area (Å²) in [4.78, 5) is 7.37. The molecule has 0 bridgehead atoms. The molecule has 3 aromatic rings. The molecular formula is C16H9F5N4. The number of rotatable bonds is 2. The van der Waals surface area contributed by atoms with Gasteiger partial charge in [-0.2, -0.15) is 13.2 Å². The van der Waals surface area contributed by atoms with Gasteiger partial charge >= 0.3 is 6.18 Å². The van der Waals surface area contributed by atoms with Gasteiger partial charge < -0.3 is 0 Å². The Hall–Kier alpha value is -2.97. The van der Waals surface area contributed by atoms with Gasteiger partial charge in [-0.3, -0.25) is 0 Å². The number of nitrogens with zero attached hydrogens (tertiary/aromatic N) is 4. The van der Waals surface area contributed by atoms with E-state index in [1.165, 1.54) is 13.0 Å². The Kier molecular flexibility index (Phi) is 4.15. The summed E-state index contributed by atoms with van der Waals surface area (Å²) in [7, 11) is 0. The average molecular weight is 352 g/mol. The largest absolute Gasteiger partial charge is 0.433 e. The van der Waals surface area contributed by atoms with E-state index in [2.05, 4.69) is 20.2 Å². The fourth-order valence-corrected chi connectivity index (χ4v) is 2.32. The molecule has 0 aliphatic rings. The first-order chi connectivity index (χ1) is 11.7. The summed E-state index contributed by atoms with van der Waals surface area (Å²) in [5, 5.41) is 7.36. The van der Waals surface area contributed by atoms with Crippen LogP contribution in [0.4, 0.5) is 22.0 Å². The highest BCUT2D eigenvalue weighted by Crippen LogP contribution is 2.33. The molecule has 0 N–H and O–H groups in total. The van der Waals surface area contributed by atoms with E-state index in [0.717, 1.165) is 24.5 Å². The molecule has 128 valence electrons. The Bertz CT molecular complexity index is 920. The van der Waals surface area contributed by atoms with Crippen LogP contribution in [0.2, 0.25) is 0 Å². The molecule has 0 aliphatic heterocycles. The van der Waals surface area contributed by atoms with Crippen LogP contribution in [0.1, 0.15) is 11.4 Å². The van der Waals surface area contributed by atoms with Gasteiger partial charge in [0, 0.05) is 22.9 Å². The highest BCUT2D eigenvalue weighted by molar-refractivity contribution is 5.77. The molecule has 0 amide bonds. The minimum Gasteiger partial charge on any atom is -0.249 e. The van der Waals surface area contributed by atoms with Gasteiger partial charge in [0.2, 0.25) is 0 Å². The second-order valence-corrected chi connectivity index (χ2v) is 5.20. The van der Waals surface area contributed by atoms with Crippen molar-refractivity contribution in [2.75, 3.05) is 0 Å². The molecule has 4 nitrogen and oxygen atoms in total. The quantitative estimate of drug-likeness (QED) is 0.649. The molecule has 0 saturated carbocycles. The molecular weight excluding hydrogens is 343 g/mol. The molecule has 25 heavy (non-hydrogen) atoms. The molecule has 9 heteroatoms. The van der Waals surface area contributed by atoms with Crippen LogP contribution in [0.5, 0.6) is 0 Å². The van der Waals surface area contributed by atoms with Crippen LogP contribution in [0.3, 0.4) is 0 Å². The Labute approximate surface area is 138 Å². The van der Waals surface area contributed by atoms with Crippen LogP contribution in [0.15, 0.2) is 36.7 Å². The van der Waals surface area contributed by atoms with E-state index >= 15 is 0 Å². The molecule has 3 rings (SSSR count). The maximum atomic E-state index is 13.5. The number of halogens is 5. The first kappa shape index (κ1) is 16.9. The van der Waals surface area contributed by atoms with Gasteiger partial charge in [0.05, 0.1) is 0 Å². The molecule has 2 heterocycles. The lowest BCUT2D eigenvalue weighted by Crippen LogP contribution is -2.09. The monoisotopic (exact) mass is 352 g/mol. The first-order valence-electron chi connectivity index (χ1n) is 6.94. The Morgan fingerprint density at radius 1 is 0.840 bits per heavy atom. The van der Waals surface area contributed by atoms with Crippen molar-refractivity contribution in [1.29, 1.82) is 0 Å². The third-order valence-corrected chi connectivity index (χ3v) is 3.27. The molecule has 0 radical (unpaired) electrons. The summed E-state index contributed by atoms with van der Waals surface area (Å²) in [6.07, 6.45) is -3.61. The zero-order valence-electron chi connectivity index (χ0n) is 12.6. The van der Waals surface area contributed by atoms with Crippen molar-refractivity contribution >= 4 is 0 Å². The van der Waals surface area contributed by atoms with Crippen LogP contribution < -0.4 is 0 Å². The van der Waals surface area contributed by atoms with Crippen molar-refractivity contribution in [2.45, 2.75) is 13.1 Å². The summed E-state index contributed by atoms with van der Waals surface area (Å²) in [6.45, 7) is 1.39. The minimum absolute atomic E-state index is 0.00660. The van der Waals surface area contributed by atoms with Crippen molar-refractivity contribution in [1.82, 2.24) is 20.2 Å². The van der Waals surface area contributed by atoms with E-state index in [-0.39, 0.29) is 28.2 Å². The zero-order valence-corrected chi connectivity index (χ0v) is 12.6. The van der Waals surface area contributed by atoms with E-state index in [0.29, 0.717) is 6.07 Å². The van der Waals surface area contributed by atoms with Crippen LogP contribution >= 0.6 is 0 Å². The van der Waals surface area contributed by atoms with E-state index in [4.69, 9.17) is 0 Å². The van der Waals surface area contributed by atoms with Crippen molar-refractivity contribution < 1.29 is 22.0 Å². The van der Waals surface area contributed by atoms with Crippen LogP contribution in [0, 0.1) is 18.6 Å². The minimum atomic E-state index is -4.65. The van der Waals surface area contributed by atoms with Gasteiger partial charge in [0.1, 0.15) is 35.0 Å². The fraction of sp³-hybridized carbons (Fsp3) is 0.125. The molecule has 0 unspecified atom stereocenters. The summed E-state index contributed by atoms with van der Waals surface area (Å²) < 4.78 is 65.9. The van der Waals surface area contributed by atoms with Gasteiger partial charge in [-0.25, -0.2) is 18.7 Å². The number of pyridine rings is 1. The van der Waals surface area contributed by atoms with Gasteiger partial charge in [0.15, 0.2) is 0 Å². The van der Waals surface area contributed by atoms with Crippen molar-refractivity contribution in [3.63, 3.8) is 0 Å². The highest BCUT2D eigenvalue weighted by atomic mass is 19.4. The SMILES string of the molecule is Cc1cc(-c2nncnc2-c2cc(F)cc(F)c2)cc(C(F)(F)F)n1. The Morgan fingerprint density at radius 2 is 1.48 bits per heavy atom. The van der Waals surface area contributed by atoms with Crippen LogP contribution in [0.25, 0.3) is 22.5 Å². The van der Waals surface area contributed by atoms with E-state index < -0.39 is 23.5 Å². The van der Waals surface area contributed by atoms with Crippen molar-refractivity contribution in [2.24, 2.45) is 0 Å². The van der Waals surface area contributed by atoms with E-state index in [1.807, 2.05) is 0 Å². The lowest BCUT2D eigenvalue weighted by Gasteiger charge is -2.11. The predicted octanol–water partition coefficient (Wildman–Crippen LogP) is 4.21. The lowest BCUT2D eigenvalue weighted by atomic mass is 10.0. The lowest BCUT2D eigenvalue weighted by molar-refractivity contribution is -0.141. The smallest absolute Gasteiger partial charge is 0.249 e. The molecule has 1 aromatic carbocycles. The summed E-state index contributed by atoms with van der Waals surface area (Å²) >= 11 is 0. The Morgan fingerprint density at radius 3 is 2.12 bits per heavy atom. The van der Waals surface area contributed by atoms with Crippen molar-refractivity contribution in [3.8, 4) is 22.5 Å². The Balaban J connectivity index is 2.21. The summed E-state index contributed by atoms with van der Waals surface area (Å²) in [5.41, 5.74) is -0.961. The van der Waals surface area contributed by atoms with E-state index in [9.17, 15) is 22.0 Å². The first-order valence-corrected chi connectivity index (χ1v) is 6.94. The van der Waals surface area contributed by atoms with Crippen molar-refractivity contribution in [3.05, 3.63) is 59.7 Å². The third kappa shape index (κ3) is 3.59. The molecule has 0 spiro atoms. The standard InChI is InChI=1S/C16H9F5N4/c1-8-2-9(5-13(24-8)16(19,20)21)15-14(22-7-23-25-15)10-3-11(17)6-12(18)4-10/h2-7H,1H3. The molecule has 2 aromatic heterocycles. The third-order valence-electron chi connectivity index (χ3n) is 3.27. The average Bonchev–Trinajstić information content (AvgIpc) is 2.52. The normalized spacial score (nSPS) is 11.6. The summed E-state index contributed by atoms with van der Waals surface area (Å²) in [6, 6.07) is 4.85. The van der Waals surface area contributed by atoms with Gasteiger partial charge in [-0.1, -0.05) is 0 Å². The number of alkyl halides is 3. The van der Waals surface area contributed by atoms with Gasteiger partial charge in [0.25, 0.3) is 0 Å². The van der Waals surface area contributed by atoms with Crippen LogP contribution in [-0.2, 0) is 6.18 Å². The molecule has 0 aliphatic carbocycles.